The van der Waals surface area contributed by atoms with Crippen LogP contribution in [0.25, 0.3) is 0 Å². The predicted octanol–water partition coefficient (Wildman–Crippen LogP) is 7.20. The maximum Gasteiger partial charge on any atom is 0.159 e. The highest BCUT2D eigenvalue weighted by molar-refractivity contribution is 5.95. The molecule has 176 valence electrons. The number of rotatable bonds is 5. The summed E-state index contributed by atoms with van der Waals surface area (Å²) in [6.45, 7) is 16.5. The van der Waals surface area contributed by atoms with Gasteiger partial charge >= 0.3 is 0 Å². The van der Waals surface area contributed by atoms with E-state index < -0.39 is 0 Å². The van der Waals surface area contributed by atoms with Crippen LogP contribution in [0, 0.1) is 51.8 Å². The summed E-state index contributed by atoms with van der Waals surface area (Å²) in [7, 11) is 0. The zero-order valence-corrected chi connectivity index (χ0v) is 21.3. The highest BCUT2D eigenvalue weighted by Gasteiger charge is 2.63. The normalized spacial score (nSPS) is 45.0. The summed E-state index contributed by atoms with van der Waals surface area (Å²) in [6, 6.07) is 0. The maximum absolute atomic E-state index is 13.7. The van der Waals surface area contributed by atoms with Crippen molar-refractivity contribution >= 4 is 5.78 Å². The van der Waals surface area contributed by atoms with E-state index in [1.54, 1.807) is 0 Å². The Morgan fingerprint density at radius 1 is 0.968 bits per heavy atom. The topological polar surface area (TPSA) is 37.3 Å². The fourth-order valence-electron chi connectivity index (χ4n) is 9.10. The number of ketones is 1. The Hall–Kier alpha value is -0.630. The first kappa shape index (κ1) is 23.5. The van der Waals surface area contributed by atoms with Crippen LogP contribution in [0.1, 0.15) is 106 Å². The first-order valence-corrected chi connectivity index (χ1v) is 13.4. The lowest BCUT2D eigenvalue weighted by Crippen LogP contribution is -2.57. The van der Waals surface area contributed by atoms with Crippen LogP contribution in [0.3, 0.4) is 0 Å². The molecule has 0 aromatic carbocycles. The standard InChI is InChI=1S/C29H48O2/c1-18(2)9-8-10-19(3)20-11-12-21-26-22(13-15-28(20,21)6)29(7)16-14-25(31)27(4,5)24(29)17-23(26)30/h17-22,25-26,31H,8-16H2,1-7H3/t19?,20-,21+,22+,25+,26+,28-,29-/m1/s1. The third-order valence-electron chi connectivity index (χ3n) is 11.0. The van der Waals surface area contributed by atoms with Gasteiger partial charge in [-0.1, -0.05) is 73.3 Å². The second kappa shape index (κ2) is 8.00. The fraction of sp³-hybridized carbons (Fsp3) is 0.897. The number of carbonyl (C=O) groups is 1. The van der Waals surface area contributed by atoms with E-state index in [4.69, 9.17) is 0 Å². The average molecular weight is 429 g/mol. The van der Waals surface area contributed by atoms with Gasteiger partial charge in [0.15, 0.2) is 5.78 Å². The van der Waals surface area contributed by atoms with Crippen LogP contribution in [-0.4, -0.2) is 17.0 Å². The van der Waals surface area contributed by atoms with E-state index in [0.717, 1.165) is 30.6 Å². The Morgan fingerprint density at radius 2 is 1.68 bits per heavy atom. The average Bonchev–Trinajstić information content (AvgIpc) is 3.04. The molecule has 0 aromatic rings. The number of allylic oxidation sites excluding steroid dienone is 1. The number of hydrogen-bond donors (Lipinski definition) is 1. The molecule has 0 radical (unpaired) electrons. The minimum Gasteiger partial charge on any atom is -0.392 e. The molecule has 2 nitrogen and oxygen atoms in total. The third-order valence-corrected chi connectivity index (χ3v) is 11.0. The van der Waals surface area contributed by atoms with Crippen LogP contribution in [0.4, 0.5) is 0 Å². The molecule has 0 spiro atoms. The first-order valence-electron chi connectivity index (χ1n) is 13.4. The molecule has 0 amide bonds. The lowest BCUT2D eigenvalue weighted by atomic mass is 9.44. The quantitative estimate of drug-likeness (QED) is 0.502. The van der Waals surface area contributed by atoms with Crippen molar-refractivity contribution in [3.8, 4) is 0 Å². The fourth-order valence-corrected chi connectivity index (χ4v) is 9.10. The van der Waals surface area contributed by atoms with E-state index in [1.165, 1.54) is 50.5 Å². The molecule has 0 bridgehead atoms. The van der Waals surface area contributed by atoms with Crippen LogP contribution in [0.5, 0.6) is 0 Å². The molecule has 1 N–H and O–H groups in total. The Labute approximate surface area is 191 Å². The molecule has 3 saturated carbocycles. The van der Waals surface area contributed by atoms with Crippen molar-refractivity contribution in [2.75, 3.05) is 0 Å². The molecule has 4 aliphatic carbocycles. The van der Waals surface area contributed by atoms with Gasteiger partial charge in [-0.25, -0.2) is 0 Å². The summed E-state index contributed by atoms with van der Waals surface area (Å²) in [4.78, 5) is 13.7. The van der Waals surface area contributed by atoms with E-state index >= 15 is 0 Å². The molecule has 0 heterocycles. The molecule has 0 saturated heterocycles. The van der Waals surface area contributed by atoms with E-state index in [1.807, 2.05) is 6.08 Å². The van der Waals surface area contributed by atoms with Gasteiger partial charge in [0.25, 0.3) is 0 Å². The van der Waals surface area contributed by atoms with Gasteiger partial charge in [-0.15, -0.1) is 0 Å². The van der Waals surface area contributed by atoms with Crippen molar-refractivity contribution in [3.63, 3.8) is 0 Å². The highest BCUT2D eigenvalue weighted by atomic mass is 16.3. The summed E-state index contributed by atoms with van der Waals surface area (Å²) < 4.78 is 0. The molecule has 4 aliphatic rings. The smallest absolute Gasteiger partial charge is 0.159 e. The zero-order valence-electron chi connectivity index (χ0n) is 21.3. The largest absolute Gasteiger partial charge is 0.392 e. The Bertz CT molecular complexity index is 733. The summed E-state index contributed by atoms with van der Waals surface area (Å²) in [5.41, 5.74) is 1.39. The highest BCUT2D eigenvalue weighted by Crippen LogP contribution is 2.68. The molecule has 3 fully saturated rings. The van der Waals surface area contributed by atoms with Crippen molar-refractivity contribution in [1.82, 2.24) is 0 Å². The molecule has 8 atom stereocenters. The number of aliphatic hydroxyl groups is 1. The van der Waals surface area contributed by atoms with Crippen LogP contribution in [-0.2, 0) is 4.79 Å². The van der Waals surface area contributed by atoms with E-state index in [2.05, 4.69) is 48.5 Å². The maximum atomic E-state index is 13.7. The van der Waals surface area contributed by atoms with Crippen molar-refractivity contribution in [2.24, 2.45) is 51.8 Å². The summed E-state index contributed by atoms with van der Waals surface area (Å²) in [5.74, 6) is 3.99. The monoisotopic (exact) mass is 428 g/mol. The van der Waals surface area contributed by atoms with Gasteiger partial charge < -0.3 is 5.11 Å². The zero-order chi connectivity index (χ0) is 22.8. The van der Waals surface area contributed by atoms with Gasteiger partial charge in [0.1, 0.15) is 0 Å². The molecule has 0 aromatic heterocycles. The first-order chi connectivity index (χ1) is 14.4. The van der Waals surface area contributed by atoms with Crippen molar-refractivity contribution < 1.29 is 9.90 Å². The molecular weight excluding hydrogens is 380 g/mol. The van der Waals surface area contributed by atoms with Crippen molar-refractivity contribution in [2.45, 2.75) is 112 Å². The van der Waals surface area contributed by atoms with E-state index in [-0.39, 0.29) is 22.9 Å². The lowest BCUT2D eigenvalue weighted by molar-refractivity contribution is -0.137. The number of carbonyl (C=O) groups excluding carboxylic acids is 1. The van der Waals surface area contributed by atoms with Crippen LogP contribution in [0.15, 0.2) is 11.6 Å². The Kier molecular flexibility index (Phi) is 6.07. The number of fused-ring (bicyclic) bond motifs is 5. The minimum atomic E-state index is -0.326. The summed E-state index contributed by atoms with van der Waals surface area (Å²) in [6.07, 6.45) is 12.7. The van der Waals surface area contributed by atoms with Crippen LogP contribution in [0.2, 0.25) is 0 Å². The summed E-state index contributed by atoms with van der Waals surface area (Å²) >= 11 is 0. The molecule has 4 rings (SSSR count). The minimum absolute atomic E-state index is 0.0869. The molecule has 31 heavy (non-hydrogen) atoms. The van der Waals surface area contributed by atoms with Gasteiger partial charge in [0.2, 0.25) is 0 Å². The lowest BCUT2D eigenvalue weighted by Gasteiger charge is -2.60. The predicted molar refractivity (Wildman–Crippen MR) is 129 cm³/mol. The molecule has 0 aliphatic heterocycles. The second-order valence-electron chi connectivity index (χ2n) is 13.4. The second-order valence-corrected chi connectivity index (χ2v) is 13.4. The Morgan fingerprint density at radius 3 is 2.35 bits per heavy atom. The van der Waals surface area contributed by atoms with Crippen LogP contribution < -0.4 is 0 Å². The van der Waals surface area contributed by atoms with Gasteiger partial charge in [-0.05, 0) is 85.0 Å². The van der Waals surface area contributed by atoms with Gasteiger partial charge in [-0.3, -0.25) is 4.79 Å². The van der Waals surface area contributed by atoms with Crippen molar-refractivity contribution in [1.29, 1.82) is 0 Å². The SMILES string of the molecule is CC(C)CCCC(C)[C@H]1CC[C@H]2[C@@H]3C(=O)C=C4C(C)(C)[C@@H](O)CC[C@]4(C)[C@H]3CC[C@]12C. The third kappa shape index (κ3) is 3.58. The van der Waals surface area contributed by atoms with Gasteiger partial charge in [0, 0.05) is 11.3 Å². The molecular formula is C29H48O2. The van der Waals surface area contributed by atoms with E-state index in [9.17, 15) is 9.90 Å². The Balaban J connectivity index is 1.59. The van der Waals surface area contributed by atoms with Crippen molar-refractivity contribution in [3.05, 3.63) is 11.6 Å². The van der Waals surface area contributed by atoms with Gasteiger partial charge in [-0.2, -0.15) is 0 Å². The molecule has 1 unspecified atom stereocenters. The van der Waals surface area contributed by atoms with Gasteiger partial charge in [0.05, 0.1) is 6.10 Å². The molecule has 2 heteroatoms. The summed E-state index contributed by atoms with van der Waals surface area (Å²) in [5, 5.41) is 10.7. The number of hydrogen-bond acceptors (Lipinski definition) is 2. The van der Waals surface area contributed by atoms with Crippen LogP contribution >= 0.6 is 0 Å². The van der Waals surface area contributed by atoms with E-state index in [0.29, 0.717) is 23.0 Å². The number of aliphatic hydroxyl groups excluding tert-OH is 1.